The zero-order valence-electron chi connectivity index (χ0n) is 12.4. The third kappa shape index (κ3) is 3.04. The predicted octanol–water partition coefficient (Wildman–Crippen LogP) is 1.51. The maximum Gasteiger partial charge on any atom is 0.257 e. The van der Waals surface area contributed by atoms with Crippen molar-refractivity contribution in [2.24, 2.45) is 0 Å². The highest BCUT2D eigenvalue weighted by molar-refractivity contribution is 5.97. The summed E-state index contributed by atoms with van der Waals surface area (Å²) in [5.74, 6) is 1.41. The number of aromatic nitrogens is 2. The van der Waals surface area contributed by atoms with Crippen LogP contribution in [0, 0.1) is 19.3 Å². The van der Waals surface area contributed by atoms with Gasteiger partial charge in [-0.2, -0.15) is 5.10 Å². The van der Waals surface area contributed by atoms with Crippen LogP contribution in [0.1, 0.15) is 21.5 Å². The number of phenols is 2. The van der Waals surface area contributed by atoms with Crippen molar-refractivity contribution in [1.29, 1.82) is 0 Å². The van der Waals surface area contributed by atoms with Crippen LogP contribution < -0.4 is 0 Å². The number of phenolic OH excluding ortho intramolecular Hbond substituents is 2. The minimum atomic E-state index is -0.403. The van der Waals surface area contributed by atoms with Gasteiger partial charge in [0.25, 0.3) is 5.91 Å². The lowest BCUT2D eigenvalue weighted by atomic mass is 10.1. The van der Waals surface area contributed by atoms with Gasteiger partial charge in [0.2, 0.25) is 0 Å². The number of benzene rings is 1. The van der Waals surface area contributed by atoms with Crippen molar-refractivity contribution in [3.05, 3.63) is 41.2 Å². The summed E-state index contributed by atoms with van der Waals surface area (Å²) in [7, 11) is 1.61. The van der Waals surface area contributed by atoms with Crippen LogP contribution in [-0.2, 0) is 13.1 Å². The third-order valence-corrected chi connectivity index (χ3v) is 3.29. The number of hydrogen-bond donors (Lipinski definition) is 2. The van der Waals surface area contributed by atoms with Gasteiger partial charge in [-0.3, -0.25) is 9.48 Å². The van der Waals surface area contributed by atoms with Gasteiger partial charge in [-0.15, -0.1) is 6.42 Å². The van der Waals surface area contributed by atoms with Crippen molar-refractivity contribution in [3.63, 3.8) is 0 Å². The minimum Gasteiger partial charge on any atom is -0.504 e. The highest BCUT2D eigenvalue weighted by Crippen LogP contribution is 2.32. The third-order valence-electron chi connectivity index (χ3n) is 3.29. The molecule has 0 aliphatic rings. The van der Waals surface area contributed by atoms with Gasteiger partial charge < -0.3 is 15.1 Å². The summed E-state index contributed by atoms with van der Waals surface area (Å²) in [6.45, 7) is 2.33. The van der Waals surface area contributed by atoms with Crippen molar-refractivity contribution in [3.8, 4) is 23.8 Å². The molecule has 0 spiro atoms. The number of carbonyl (C=O) groups excluding carboxylic acids is 1. The molecule has 2 aromatic rings. The van der Waals surface area contributed by atoms with Crippen LogP contribution in [0.3, 0.4) is 0 Å². The zero-order chi connectivity index (χ0) is 16.3. The van der Waals surface area contributed by atoms with E-state index in [1.54, 1.807) is 37.1 Å². The Morgan fingerprint density at radius 1 is 1.41 bits per heavy atom. The van der Waals surface area contributed by atoms with E-state index in [2.05, 4.69) is 11.0 Å². The summed E-state index contributed by atoms with van der Waals surface area (Å²) < 4.78 is 1.60. The summed E-state index contributed by atoms with van der Waals surface area (Å²) in [6, 6.07) is 3.08. The van der Waals surface area contributed by atoms with E-state index in [1.807, 2.05) is 0 Å². The maximum atomic E-state index is 12.4. The number of aromatic hydroxyl groups is 2. The summed E-state index contributed by atoms with van der Waals surface area (Å²) in [5, 5.41) is 23.7. The van der Waals surface area contributed by atoms with Crippen LogP contribution in [0.25, 0.3) is 0 Å². The Balaban J connectivity index is 2.15. The van der Waals surface area contributed by atoms with Gasteiger partial charge in [0.05, 0.1) is 11.8 Å². The van der Waals surface area contributed by atoms with Crippen LogP contribution in [0.2, 0.25) is 0 Å². The lowest BCUT2D eigenvalue weighted by molar-refractivity contribution is 0.0781. The molecule has 0 radical (unpaired) electrons. The molecule has 6 nitrogen and oxygen atoms in total. The Bertz CT molecular complexity index is 744. The van der Waals surface area contributed by atoms with Gasteiger partial charge in [0.1, 0.15) is 6.54 Å². The minimum absolute atomic E-state index is 0.0571. The van der Waals surface area contributed by atoms with Crippen LogP contribution in [-0.4, -0.2) is 37.8 Å². The van der Waals surface area contributed by atoms with E-state index in [0.29, 0.717) is 18.7 Å². The molecular formula is C16H17N3O3. The lowest BCUT2D eigenvalue weighted by Gasteiger charge is -2.17. The molecule has 0 bridgehead atoms. The highest BCUT2D eigenvalue weighted by atomic mass is 16.3. The molecule has 0 saturated carbocycles. The number of carbonyl (C=O) groups is 1. The molecule has 0 saturated heterocycles. The Kier molecular flexibility index (Phi) is 4.37. The van der Waals surface area contributed by atoms with Crippen LogP contribution in [0.15, 0.2) is 24.5 Å². The second kappa shape index (κ2) is 6.22. The topological polar surface area (TPSA) is 78.6 Å². The van der Waals surface area contributed by atoms with E-state index >= 15 is 0 Å². The summed E-state index contributed by atoms with van der Waals surface area (Å²) >= 11 is 0. The van der Waals surface area contributed by atoms with Gasteiger partial charge in [-0.25, -0.2) is 0 Å². The standard InChI is InChI=1S/C16H17N3O3/c1-4-7-19-10-12(8-17-19)9-18(3)16(22)13-6-5-11(2)14(20)15(13)21/h1,5-6,8,10,20-21H,7,9H2,2-3H3. The number of amides is 1. The largest absolute Gasteiger partial charge is 0.504 e. The maximum absolute atomic E-state index is 12.4. The SMILES string of the molecule is C#CCn1cc(CN(C)C(=O)c2ccc(C)c(O)c2O)cn1. The fourth-order valence-electron chi connectivity index (χ4n) is 2.07. The number of rotatable bonds is 4. The molecular weight excluding hydrogens is 282 g/mol. The lowest BCUT2D eigenvalue weighted by Crippen LogP contribution is -2.26. The van der Waals surface area contributed by atoms with Crippen molar-refractivity contribution < 1.29 is 15.0 Å². The molecule has 0 fully saturated rings. The molecule has 0 aliphatic heterocycles. The van der Waals surface area contributed by atoms with Crippen molar-refractivity contribution >= 4 is 5.91 Å². The van der Waals surface area contributed by atoms with Crippen LogP contribution >= 0.6 is 0 Å². The molecule has 0 aliphatic carbocycles. The van der Waals surface area contributed by atoms with E-state index in [-0.39, 0.29) is 11.3 Å². The fourth-order valence-corrected chi connectivity index (χ4v) is 2.07. The quantitative estimate of drug-likeness (QED) is 0.662. The predicted molar refractivity (Wildman–Crippen MR) is 81.4 cm³/mol. The molecule has 114 valence electrons. The summed E-state index contributed by atoms with van der Waals surface area (Å²) in [4.78, 5) is 13.8. The van der Waals surface area contributed by atoms with E-state index in [1.165, 1.54) is 11.0 Å². The molecule has 0 unspecified atom stereocenters. The zero-order valence-corrected chi connectivity index (χ0v) is 12.4. The Hall–Kier alpha value is -2.94. The van der Waals surface area contributed by atoms with Gasteiger partial charge in [0.15, 0.2) is 11.5 Å². The monoisotopic (exact) mass is 299 g/mol. The van der Waals surface area contributed by atoms with Gasteiger partial charge >= 0.3 is 0 Å². The molecule has 2 N–H and O–H groups in total. The average Bonchev–Trinajstić information content (AvgIpc) is 2.92. The Labute approximate surface area is 128 Å². The molecule has 6 heteroatoms. The van der Waals surface area contributed by atoms with E-state index < -0.39 is 11.7 Å². The van der Waals surface area contributed by atoms with Gasteiger partial charge in [-0.1, -0.05) is 12.0 Å². The first-order valence-corrected chi connectivity index (χ1v) is 6.65. The Morgan fingerprint density at radius 3 is 2.82 bits per heavy atom. The van der Waals surface area contributed by atoms with E-state index in [4.69, 9.17) is 6.42 Å². The smallest absolute Gasteiger partial charge is 0.257 e. The number of nitrogens with zero attached hydrogens (tertiary/aromatic N) is 3. The highest BCUT2D eigenvalue weighted by Gasteiger charge is 2.19. The first-order valence-electron chi connectivity index (χ1n) is 6.65. The average molecular weight is 299 g/mol. The summed E-state index contributed by atoms with van der Waals surface area (Å²) in [6.07, 6.45) is 8.60. The molecule has 1 amide bonds. The van der Waals surface area contributed by atoms with Crippen molar-refractivity contribution in [1.82, 2.24) is 14.7 Å². The molecule has 1 aromatic heterocycles. The molecule has 1 heterocycles. The van der Waals surface area contributed by atoms with Crippen LogP contribution in [0.4, 0.5) is 0 Å². The van der Waals surface area contributed by atoms with Gasteiger partial charge in [0, 0.05) is 25.4 Å². The van der Waals surface area contributed by atoms with Gasteiger partial charge in [-0.05, 0) is 18.6 Å². The second-order valence-electron chi connectivity index (χ2n) is 5.04. The first-order chi connectivity index (χ1) is 10.4. The summed E-state index contributed by atoms with van der Waals surface area (Å²) in [5.41, 5.74) is 1.39. The number of terminal acetylenes is 1. The molecule has 1 aromatic carbocycles. The molecule has 2 rings (SSSR count). The van der Waals surface area contributed by atoms with Crippen LogP contribution in [0.5, 0.6) is 11.5 Å². The number of hydrogen-bond acceptors (Lipinski definition) is 4. The molecule has 22 heavy (non-hydrogen) atoms. The molecule has 0 atom stereocenters. The van der Waals surface area contributed by atoms with Crippen molar-refractivity contribution in [2.75, 3.05) is 7.05 Å². The van der Waals surface area contributed by atoms with Crippen molar-refractivity contribution in [2.45, 2.75) is 20.0 Å². The Morgan fingerprint density at radius 2 is 2.14 bits per heavy atom. The fraction of sp³-hybridized carbons (Fsp3) is 0.250. The van der Waals surface area contributed by atoms with E-state index in [0.717, 1.165) is 5.56 Å². The van der Waals surface area contributed by atoms with E-state index in [9.17, 15) is 15.0 Å². The normalized spacial score (nSPS) is 10.2. The second-order valence-corrected chi connectivity index (χ2v) is 5.04. The number of aryl methyl sites for hydroxylation is 1. The first kappa shape index (κ1) is 15.4.